The molecule has 0 aliphatic heterocycles. The van der Waals surface area contributed by atoms with Crippen LogP contribution in [-0.4, -0.2) is 0 Å². The molecule has 0 aromatic heterocycles. The Morgan fingerprint density at radius 2 is 1.40 bits per heavy atom. The zero-order valence-electron chi connectivity index (χ0n) is 14.6. The van der Waals surface area contributed by atoms with Crippen molar-refractivity contribution in [3.63, 3.8) is 0 Å². The minimum absolute atomic E-state index is 1.08. The molecule has 0 saturated heterocycles. The smallest absolute Gasteiger partial charge is 0.00763 e. The molecule has 0 heterocycles. The van der Waals surface area contributed by atoms with Crippen LogP contribution in [0.3, 0.4) is 0 Å². The molecule has 4 rings (SSSR count). The van der Waals surface area contributed by atoms with Gasteiger partial charge in [0.05, 0.1) is 0 Å². The highest BCUT2D eigenvalue weighted by atomic mass is 14.1. The van der Waals surface area contributed by atoms with Gasteiger partial charge in [-0.1, -0.05) is 117 Å². The molecule has 0 amide bonds. The first-order valence-electron chi connectivity index (χ1n) is 8.38. The van der Waals surface area contributed by atoms with Crippen LogP contribution in [0.4, 0.5) is 0 Å². The molecule has 0 nitrogen and oxygen atoms in total. The lowest BCUT2D eigenvalue weighted by atomic mass is 9.93. The van der Waals surface area contributed by atoms with Crippen molar-refractivity contribution in [2.45, 2.75) is 6.42 Å². The molecular weight excluding hydrogens is 300 g/mol. The second kappa shape index (κ2) is 9.89. The lowest BCUT2D eigenvalue weighted by Crippen LogP contribution is -1.91. The van der Waals surface area contributed by atoms with Crippen molar-refractivity contribution >= 4 is 22.9 Å². The van der Waals surface area contributed by atoms with Crippen molar-refractivity contribution in [3.8, 4) is 0 Å². The molecule has 0 fully saturated rings. The second-order valence-corrected chi connectivity index (χ2v) is 5.56. The highest BCUT2D eigenvalue weighted by Gasteiger charge is 2.06. The van der Waals surface area contributed by atoms with E-state index in [2.05, 4.69) is 68.3 Å². The van der Waals surface area contributed by atoms with Crippen molar-refractivity contribution in [1.82, 2.24) is 0 Å². The SMILES string of the molecule is C1=Cc2cccc3cccc(c23)C1.C=CC=C.C=Cc1ccccc1. The third kappa shape index (κ3) is 5.19. The van der Waals surface area contributed by atoms with Gasteiger partial charge < -0.3 is 0 Å². The van der Waals surface area contributed by atoms with Crippen molar-refractivity contribution in [2.75, 3.05) is 0 Å². The van der Waals surface area contributed by atoms with Crippen LogP contribution >= 0.6 is 0 Å². The monoisotopic (exact) mass is 324 g/mol. The van der Waals surface area contributed by atoms with Crippen LogP contribution in [0.15, 0.2) is 105 Å². The second-order valence-electron chi connectivity index (χ2n) is 5.56. The Hall–Kier alpha value is -3.12. The van der Waals surface area contributed by atoms with E-state index in [-0.39, 0.29) is 0 Å². The Kier molecular flexibility index (Phi) is 7.21. The van der Waals surface area contributed by atoms with E-state index in [4.69, 9.17) is 0 Å². The van der Waals surface area contributed by atoms with Gasteiger partial charge in [-0.3, -0.25) is 0 Å². The average Bonchev–Trinajstić information content (AvgIpc) is 2.70. The summed E-state index contributed by atoms with van der Waals surface area (Å²) >= 11 is 0. The minimum atomic E-state index is 1.08. The summed E-state index contributed by atoms with van der Waals surface area (Å²) in [6, 6.07) is 23.1. The van der Waals surface area contributed by atoms with Gasteiger partial charge in [-0.15, -0.1) is 0 Å². The van der Waals surface area contributed by atoms with E-state index in [0.29, 0.717) is 0 Å². The highest BCUT2D eigenvalue weighted by Crippen LogP contribution is 2.27. The highest BCUT2D eigenvalue weighted by molar-refractivity contribution is 5.94. The number of hydrogen-bond donors (Lipinski definition) is 0. The van der Waals surface area contributed by atoms with Crippen LogP contribution in [0.2, 0.25) is 0 Å². The van der Waals surface area contributed by atoms with Gasteiger partial charge >= 0.3 is 0 Å². The summed E-state index contributed by atoms with van der Waals surface area (Å²) in [7, 11) is 0. The van der Waals surface area contributed by atoms with Gasteiger partial charge in [-0.05, 0) is 33.9 Å². The van der Waals surface area contributed by atoms with E-state index in [1.54, 1.807) is 12.2 Å². The normalized spacial score (nSPS) is 10.6. The molecule has 0 spiro atoms. The molecular formula is C25H24. The van der Waals surface area contributed by atoms with Crippen LogP contribution in [0, 0.1) is 0 Å². The summed E-state index contributed by atoms with van der Waals surface area (Å²) in [5.41, 5.74) is 3.99. The number of allylic oxidation sites excluding steroid dienone is 3. The van der Waals surface area contributed by atoms with Crippen molar-refractivity contribution in [3.05, 3.63) is 121 Å². The molecule has 0 radical (unpaired) electrons. The molecule has 1 aliphatic carbocycles. The molecule has 3 aromatic rings. The van der Waals surface area contributed by atoms with Crippen LogP contribution < -0.4 is 0 Å². The molecule has 1 aliphatic rings. The molecule has 0 bridgehead atoms. The van der Waals surface area contributed by atoms with Crippen LogP contribution in [0.5, 0.6) is 0 Å². The zero-order valence-corrected chi connectivity index (χ0v) is 14.6. The van der Waals surface area contributed by atoms with Crippen LogP contribution in [-0.2, 0) is 6.42 Å². The number of benzene rings is 3. The van der Waals surface area contributed by atoms with E-state index < -0.39 is 0 Å². The summed E-state index contributed by atoms with van der Waals surface area (Å²) in [6.07, 6.45) is 10.6. The number of rotatable bonds is 2. The standard InChI is InChI=1S/C13H10.C8H8.C4H6/c1-4-10-6-2-8-12-9-3-7-11(5-1)13(10)12;1-2-8-6-4-3-5-7-8;1-3-4-2/h1-8H,9H2;2-7H,1H2;3-4H,1-2H2. The predicted molar refractivity (Wildman–Crippen MR) is 114 cm³/mol. The fourth-order valence-electron chi connectivity index (χ4n) is 2.66. The first-order valence-corrected chi connectivity index (χ1v) is 8.38. The van der Waals surface area contributed by atoms with E-state index >= 15 is 0 Å². The van der Waals surface area contributed by atoms with Crippen molar-refractivity contribution in [2.24, 2.45) is 0 Å². The van der Waals surface area contributed by atoms with Crippen molar-refractivity contribution < 1.29 is 0 Å². The number of hydrogen-bond acceptors (Lipinski definition) is 0. The quantitative estimate of drug-likeness (QED) is 0.441. The van der Waals surface area contributed by atoms with Crippen LogP contribution in [0.25, 0.3) is 22.9 Å². The third-order valence-electron chi connectivity index (χ3n) is 3.86. The minimum Gasteiger partial charge on any atom is -0.0991 e. The van der Waals surface area contributed by atoms with Crippen molar-refractivity contribution in [1.29, 1.82) is 0 Å². The van der Waals surface area contributed by atoms with Gasteiger partial charge in [0.2, 0.25) is 0 Å². The Balaban J connectivity index is 0.000000161. The largest absolute Gasteiger partial charge is 0.0991 e. The summed E-state index contributed by atoms with van der Waals surface area (Å²) in [4.78, 5) is 0. The lowest BCUT2D eigenvalue weighted by Gasteiger charge is -2.11. The summed E-state index contributed by atoms with van der Waals surface area (Å²) < 4.78 is 0. The molecule has 0 atom stereocenters. The van der Waals surface area contributed by atoms with E-state index in [0.717, 1.165) is 6.42 Å². The fourth-order valence-corrected chi connectivity index (χ4v) is 2.66. The Morgan fingerprint density at radius 3 is 2.00 bits per heavy atom. The molecule has 3 aromatic carbocycles. The maximum Gasteiger partial charge on any atom is -0.00763 e. The van der Waals surface area contributed by atoms with Gasteiger partial charge in [0.15, 0.2) is 0 Å². The van der Waals surface area contributed by atoms with Gasteiger partial charge in [0.25, 0.3) is 0 Å². The van der Waals surface area contributed by atoms with Gasteiger partial charge in [0, 0.05) is 0 Å². The first kappa shape index (κ1) is 18.2. The van der Waals surface area contributed by atoms with E-state index in [1.807, 2.05) is 36.4 Å². The first-order chi connectivity index (χ1) is 12.3. The molecule has 0 heteroatoms. The van der Waals surface area contributed by atoms with E-state index in [9.17, 15) is 0 Å². The predicted octanol–water partition coefficient (Wildman–Crippen LogP) is 7.10. The Bertz CT molecular complexity index is 856. The molecule has 0 N–H and O–H groups in total. The molecule has 0 unspecified atom stereocenters. The molecule has 124 valence electrons. The maximum atomic E-state index is 3.63. The fraction of sp³-hybridized carbons (Fsp3) is 0.0400. The summed E-state index contributed by atoms with van der Waals surface area (Å²) in [5, 5.41) is 2.80. The Labute approximate surface area is 151 Å². The topological polar surface area (TPSA) is 0 Å². The molecule has 0 saturated carbocycles. The average molecular weight is 324 g/mol. The van der Waals surface area contributed by atoms with Gasteiger partial charge in [0.1, 0.15) is 0 Å². The maximum absolute atomic E-state index is 3.63. The summed E-state index contributed by atoms with van der Waals surface area (Å²) in [6.45, 7) is 10.4. The van der Waals surface area contributed by atoms with Gasteiger partial charge in [-0.2, -0.15) is 0 Å². The third-order valence-corrected chi connectivity index (χ3v) is 3.86. The Morgan fingerprint density at radius 1 is 0.720 bits per heavy atom. The van der Waals surface area contributed by atoms with Crippen LogP contribution in [0.1, 0.15) is 16.7 Å². The molecule has 25 heavy (non-hydrogen) atoms. The zero-order chi connectivity index (χ0) is 17.9. The van der Waals surface area contributed by atoms with Gasteiger partial charge in [-0.25, -0.2) is 0 Å². The van der Waals surface area contributed by atoms with E-state index in [1.165, 1.54) is 27.5 Å². The lowest BCUT2D eigenvalue weighted by molar-refractivity contribution is 1.29. The summed E-state index contributed by atoms with van der Waals surface area (Å²) in [5.74, 6) is 0.